The van der Waals surface area contributed by atoms with Crippen LogP contribution in [0.5, 0.6) is 5.75 Å². The summed E-state index contributed by atoms with van der Waals surface area (Å²) in [4.78, 5) is 27.2. The Kier molecular flexibility index (Phi) is 10.5. The standard InChI is InChI=1S/C25H34N2O3/c1-3-4-18-26-25(29)21(2)27(19-17-22-12-7-5-8-13-22)24(28)16-11-20-30-23-14-9-6-10-15-23/h5-10,12-15,21H,3-4,11,16-20H2,1-2H3,(H,26,29)/t21-/m1/s1. The number of unbranched alkanes of at least 4 members (excludes halogenated alkanes) is 1. The number of carbonyl (C=O) groups is 2. The molecule has 0 radical (unpaired) electrons. The van der Waals surface area contributed by atoms with Crippen LogP contribution in [0.2, 0.25) is 0 Å². The molecule has 2 aromatic rings. The van der Waals surface area contributed by atoms with E-state index >= 15 is 0 Å². The average molecular weight is 411 g/mol. The van der Waals surface area contributed by atoms with E-state index in [9.17, 15) is 9.59 Å². The summed E-state index contributed by atoms with van der Waals surface area (Å²) in [6.07, 6.45) is 3.65. The molecule has 5 heteroatoms. The van der Waals surface area contributed by atoms with Gasteiger partial charge in [-0.2, -0.15) is 0 Å². The number of para-hydroxylation sites is 1. The van der Waals surface area contributed by atoms with Gasteiger partial charge in [0, 0.05) is 19.5 Å². The van der Waals surface area contributed by atoms with Gasteiger partial charge in [-0.1, -0.05) is 61.9 Å². The molecule has 2 aromatic carbocycles. The predicted octanol–water partition coefficient (Wildman–Crippen LogP) is 4.22. The molecule has 0 bridgehead atoms. The quantitative estimate of drug-likeness (QED) is 0.503. The van der Waals surface area contributed by atoms with Crippen molar-refractivity contribution in [3.05, 3.63) is 66.2 Å². The lowest BCUT2D eigenvalue weighted by Crippen LogP contribution is -2.49. The van der Waals surface area contributed by atoms with Crippen molar-refractivity contribution < 1.29 is 14.3 Å². The topological polar surface area (TPSA) is 58.6 Å². The molecule has 1 atom stereocenters. The summed E-state index contributed by atoms with van der Waals surface area (Å²) in [5, 5.41) is 2.95. The third-order valence-electron chi connectivity index (χ3n) is 5.03. The first-order chi connectivity index (χ1) is 14.6. The minimum absolute atomic E-state index is 0.0132. The molecule has 0 spiro atoms. The van der Waals surface area contributed by atoms with Gasteiger partial charge in [0.05, 0.1) is 6.61 Å². The molecule has 0 aliphatic carbocycles. The normalized spacial score (nSPS) is 11.5. The van der Waals surface area contributed by atoms with Crippen molar-refractivity contribution in [1.82, 2.24) is 10.2 Å². The summed E-state index contributed by atoms with van der Waals surface area (Å²) in [6.45, 7) is 5.53. The molecule has 0 saturated heterocycles. The molecule has 2 rings (SSSR count). The first kappa shape index (κ1) is 23.5. The Labute approximate surface area is 180 Å². The fourth-order valence-electron chi connectivity index (χ4n) is 3.18. The van der Waals surface area contributed by atoms with Crippen LogP contribution in [-0.4, -0.2) is 42.5 Å². The van der Waals surface area contributed by atoms with Gasteiger partial charge in [-0.15, -0.1) is 0 Å². The zero-order chi connectivity index (χ0) is 21.6. The number of rotatable bonds is 13. The Morgan fingerprint density at radius 2 is 1.67 bits per heavy atom. The highest BCUT2D eigenvalue weighted by Gasteiger charge is 2.25. The van der Waals surface area contributed by atoms with Gasteiger partial charge in [-0.05, 0) is 43.9 Å². The molecule has 0 aliphatic heterocycles. The van der Waals surface area contributed by atoms with Crippen LogP contribution in [0.15, 0.2) is 60.7 Å². The first-order valence-corrected chi connectivity index (χ1v) is 10.9. The molecular formula is C25H34N2O3. The summed E-state index contributed by atoms with van der Waals surface area (Å²) < 4.78 is 5.69. The maximum atomic E-state index is 12.9. The summed E-state index contributed by atoms with van der Waals surface area (Å²) >= 11 is 0. The second kappa shape index (κ2) is 13.4. The Balaban J connectivity index is 1.90. The number of amides is 2. The second-order valence-electron chi connectivity index (χ2n) is 7.41. The van der Waals surface area contributed by atoms with E-state index in [4.69, 9.17) is 4.74 Å². The molecule has 162 valence electrons. The zero-order valence-corrected chi connectivity index (χ0v) is 18.2. The smallest absolute Gasteiger partial charge is 0.242 e. The minimum atomic E-state index is -0.492. The number of ether oxygens (including phenoxy) is 1. The van der Waals surface area contributed by atoms with Crippen LogP contribution in [0, 0.1) is 0 Å². The Hall–Kier alpha value is -2.82. The van der Waals surface area contributed by atoms with Crippen molar-refractivity contribution in [2.45, 2.75) is 52.0 Å². The summed E-state index contributed by atoms with van der Waals surface area (Å²) in [6, 6.07) is 19.1. The molecule has 1 N–H and O–H groups in total. The molecule has 0 saturated carbocycles. The highest BCUT2D eigenvalue weighted by molar-refractivity contribution is 5.87. The highest BCUT2D eigenvalue weighted by Crippen LogP contribution is 2.11. The van der Waals surface area contributed by atoms with Gasteiger partial charge < -0.3 is 15.0 Å². The van der Waals surface area contributed by atoms with Crippen LogP contribution in [0.25, 0.3) is 0 Å². The van der Waals surface area contributed by atoms with Crippen LogP contribution in [0.1, 0.15) is 45.1 Å². The minimum Gasteiger partial charge on any atom is -0.494 e. The first-order valence-electron chi connectivity index (χ1n) is 10.9. The Bertz CT molecular complexity index is 750. The molecule has 0 unspecified atom stereocenters. The number of hydrogen-bond donors (Lipinski definition) is 1. The summed E-state index contributed by atoms with van der Waals surface area (Å²) in [5.41, 5.74) is 1.15. The lowest BCUT2D eigenvalue weighted by atomic mass is 10.1. The van der Waals surface area contributed by atoms with E-state index < -0.39 is 6.04 Å². The third kappa shape index (κ3) is 8.27. The van der Waals surface area contributed by atoms with E-state index in [-0.39, 0.29) is 11.8 Å². The SMILES string of the molecule is CCCCNC(=O)[C@@H](C)N(CCc1ccccc1)C(=O)CCCOc1ccccc1. The molecule has 0 fully saturated rings. The van der Waals surface area contributed by atoms with Crippen LogP contribution in [-0.2, 0) is 16.0 Å². The maximum absolute atomic E-state index is 12.9. The third-order valence-corrected chi connectivity index (χ3v) is 5.03. The van der Waals surface area contributed by atoms with Gasteiger partial charge in [-0.25, -0.2) is 0 Å². The number of benzene rings is 2. The molecule has 30 heavy (non-hydrogen) atoms. The van der Waals surface area contributed by atoms with E-state index in [2.05, 4.69) is 12.2 Å². The number of nitrogens with zero attached hydrogens (tertiary/aromatic N) is 1. The highest BCUT2D eigenvalue weighted by atomic mass is 16.5. The van der Waals surface area contributed by atoms with Gasteiger partial charge in [-0.3, -0.25) is 9.59 Å². The van der Waals surface area contributed by atoms with E-state index in [1.807, 2.05) is 67.6 Å². The number of carbonyl (C=O) groups excluding carboxylic acids is 2. The molecule has 5 nitrogen and oxygen atoms in total. The second-order valence-corrected chi connectivity index (χ2v) is 7.41. The lowest BCUT2D eigenvalue weighted by molar-refractivity contribution is -0.140. The fraction of sp³-hybridized carbons (Fsp3) is 0.440. The van der Waals surface area contributed by atoms with Gasteiger partial charge in [0.25, 0.3) is 0 Å². The lowest BCUT2D eigenvalue weighted by Gasteiger charge is -2.29. The van der Waals surface area contributed by atoms with Crippen molar-refractivity contribution in [1.29, 1.82) is 0 Å². The van der Waals surface area contributed by atoms with Gasteiger partial charge >= 0.3 is 0 Å². The Morgan fingerprint density at radius 1 is 1.00 bits per heavy atom. The van der Waals surface area contributed by atoms with Crippen molar-refractivity contribution >= 4 is 11.8 Å². The van der Waals surface area contributed by atoms with Crippen molar-refractivity contribution in [3.63, 3.8) is 0 Å². The maximum Gasteiger partial charge on any atom is 0.242 e. The van der Waals surface area contributed by atoms with Crippen LogP contribution < -0.4 is 10.1 Å². The van der Waals surface area contributed by atoms with Gasteiger partial charge in [0.1, 0.15) is 11.8 Å². The van der Waals surface area contributed by atoms with E-state index in [1.165, 1.54) is 0 Å². The fourth-order valence-corrected chi connectivity index (χ4v) is 3.18. The number of hydrogen-bond acceptors (Lipinski definition) is 3. The molecule has 0 heterocycles. The predicted molar refractivity (Wildman–Crippen MR) is 120 cm³/mol. The van der Waals surface area contributed by atoms with E-state index in [0.29, 0.717) is 32.5 Å². The van der Waals surface area contributed by atoms with Crippen molar-refractivity contribution in [3.8, 4) is 5.75 Å². The van der Waals surface area contributed by atoms with Crippen LogP contribution in [0.4, 0.5) is 0 Å². The largest absolute Gasteiger partial charge is 0.494 e. The average Bonchev–Trinajstić information content (AvgIpc) is 2.78. The van der Waals surface area contributed by atoms with Crippen LogP contribution >= 0.6 is 0 Å². The van der Waals surface area contributed by atoms with E-state index in [0.717, 1.165) is 30.6 Å². The molecule has 2 amide bonds. The summed E-state index contributed by atoms with van der Waals surface area (Å²) in [7, 11) is 0. The van der Waals surface area contributed by atoms with E-state index in [1.54, 1.807) is 4.90 Å². The molecular weight excluding hydrogens is 376 g/mol. The Morgan fingerprint density at radius 3 is 2.33 bits per heavy atom. The zero-order valence-electron chi connectivity index (χ0n) is 18.2. The van der Waals surface area contributed by atoms with Gasteiger partial charge in [0.15, 0.2) is 0 Å². The van der Waals surface area contributed by atoms with Crippen molar-refractivity contribution in [2.75, 3.05) is 19.7 Å². The van der Waals surface area contributed by atoms with Gasteiger partial charge in [0.2, 0.25) is 11.8 Å². The van der Waals surface area contributed by atoms with Crippen molar-refractivity contribution in [2.24, 2.45) is 0 Å². The molecule has 0 aliphatic rings. The summed E-state index contributed by atoms with van der Waals surface area (Å²) in [5.74, 6) is 0.695. The molecule has 0 aromatic heterocycles. The monoisotopic (exact) mass is 410 g/mol. The van der Waals surface area contributed by atoms with Crippen LogP contribution in [0.3, 0.4) is 0 Å². The number of nitrogens with one attached hydrogen (secondary N) is 1.